The maximum absolute atomic E-state index is 13.0. The van der Waals surface area contributed by atoms with Crippen LogP contribution in [0.1, 0.15) is 25.3 Å². The minimum absolute atomic E-state index is 0.200. The Bertz CT molecular complexity index is 993. The highest BCUT2D eigenvalue weighted by Gasteiger charge is 2.33. The van der Waals surface area contributed by atoms with E-state index in [1.54, 1.807) is 31.4 Å². The molecule has 0 aliphatic carbocycles. The van der Waals surface area contributed by atoms with Crippen LogP contribution in [0.2, 0.25) is 5.02 Å². The average molecular weight is 464 g/mol. The van der Waals surface area contributed by atoms with Crippen molar-refractivity contribution in [2.45, 2.75) is 19.8 Å². The molecule has 8 heteroatoms. The van der Waals surface area contributed by atoms with Gasteiger partial charge in [0.25, 0.3) is 5.91 Å². The molecule has 0 spiro atoms. The van der Waals surface area contributed by atoms with E-state index in [0.717, 1.165) is 18.4 Å². The minimum Gasteiger partial charge on any atom is -0.495 e. The summed E-state index contributed by atoms with van der Waals surface area (Å²) < 4.78 is 16.8. The molecule has 30 heavy (non-hydrogen) atoms. The topological polar surface area (TPSA) is 48.0 Å². The van der Waals surface area contributed by atoms with E-state index in [-0.39, 0.29) is 5.91 Å². The molecule has 1 saturated heterocycles. The summed E-state index contributed by atoms with van der Waals surface area (Å²) in [4.78, 5) is 15.0. The summed E-state index contributed by atoms with van der Waals surface area (Å²) in [5, 5.41) is 0.413. The Balaban J connectivity index is 1.84. The molecule has 0 bridgehead atoms. The van der Waals surface area contributed by atoms with Crippen molar-refractivity contribution >= 4 is 57.6 Å². The first-order valence-corrected chi connectivity index (χ1v) is 11.0. The van der Waals surface area contributed by atoms with Gasteiger partial charge in [-0.1, -0.05) is 55.0 Å². The largest absolute Gasteiger partial charge is 0.495 e. The zero-order valence-corrected chi connectivity index (χ0v) is 19.3. The molecule has 0 saturated carbocycles. The fourth-order valence-corrected chi connectivity index (χ4v) is 4.41. The standard InChI is InChI=1S/C22H22ClNO4S2/c1-4-5-10-28-18-8-6-14(11-19(18)27-3)12-20-21(25)24(22(29)30-20)15-7-9-17(26-2)16(23)13-15/h6-9,11-13H,4-5,10H2,1-3H3/b20-12-. The number of benzene rings is 2. The molecule has 2 aromatic rings. The molecule has 0 radical (unpaired) electrons. The lowest BCUT2D eigenvalue weighted by molar-refractivity contribution is -0.113. The van der Waals surface area contributed by atoms with Crippen LogP contribution in [-0.4, -0.2) is 31.1 Å². The molecule has 0 atom stereocenters. The van der Waals surface area contributed by atoms with Gasteiger partial charge in [-0.15, -0.1) is 0 Å². The monoisotopic (exact) mass is 463 g/mol. The van der Waals surface area contributed by atoms with Crippen LogP contribution in [0.15, 0.2) is 41.3 Å². The number of carbonyl (C=O) groups is 1. The van der Waals surface area contributed by atoms with Gasteiger partial charge in [0.2, 0.25) is 0 Å². The maximum atomic E-state index is 13.0. The molecule has 0 unspecified atom stereocenters. The zero-order valence-electron chi connectivity index (χ0n) is 16.9. The Labute approximate surface area is 190 Å². The molecule has 158 valence electrons. The van der Waals surface area contributed by atoms with Gasteiger partial charge in [0, 0.05) is 0 Å². The third kappa shape index (κ3) is 4.91. The van der Waals surface area contributed by atoms with Gasteiger partial charge < -0.3 is 14.2 Å². The van der Waals surface area contributed by atoms with Crippen molar-refractivity contribution in [2.24, 2.45) is 0 Å². The molecule has 1 aliphatic rings. The van der Waals surface area contributed by atoms with Crippen molar-refractivity contribution in [3.05, 3.63) is 51.9 Å². The van der Waals surface area contributed by atoms with E-state index in [0.29, 0.717) is 43.8 Å². The Hall–Kier alpha value is -2.22. The fraction of sp³-hybridized carbons (Fsp3) is 0.273. The molecular weight excluding hydrogens is 442 g/mol. The number of rotatable bonds is 8. The quantitative estimate of drug-likeness (QED) is 0.274. The van der Waals surface area contributed by atoms with Gasteiger partial charge in [0.1, 0.15) is 5.75 Å². The van der Waals surface area contributed by atoms with Crippen LogP contribution < -0.4 is 19.1 Å². The predicted molar refractivity (Wildman–Crippen MR) is 127 cm³/mol. The fourth-order valence-electron chi connectivity index (χ4n) is 2.86. The van der Waals surface area contributed by atoms with Crippen molar-refractivity contribution in [3.63, 3.8) is 0 Å². The van der Waals surface area contributed by atoms with Gasteiger partial charge in [-0.05, 0) is 48.4 Å². The number of amides is 1. The molecule has 1 aliphatic heterocycles. The van der Waals surface area contributed by atoms with Crippen molar-refractivity contribution in [3.8, 4) is 17.2 Å². The van der Waals surface area contributed by atoms with Crippen LogP contribution in [0.4, 0.5) is 5.69 Å². The van der Waals surface area contributed by atoms with Crippen molar-refractivity contribution < 1.29 is 19.0 Å². The number of carbonyl (C=O) groups excluding carboxylic acids is 1. The summed E-state index contributed by atoms with van der Waals surface area (Å²) in [5.74, 6) is 1.64. The molecule has 5 nitrogen and oxygen atoms in total. The number of halogens is 1. The molecule has 3 rings (SSSR count). The second-order valence-electron chi connectivity index (χ2n) is 6.45. The highest BCUT2D eigenvalue weighted by atomic mass is 35.5. The number of methoxy groups -OCH3 is 2. The Kier molecular flexibility index (Phi) is 7.64. The van der Waals surface area contributed by atoms with Crippen LogP contribution in [0.25, 0.3) is 6.08 Å². The van der Waals surface area contributed by atoms with E-state index in [4.69, 9.17) is 38.0 Å². The number of unbranched alkanes of at least 4 members (excludes halogenated alkanes) is 1. The number of hydrogen-bond donors (Lipinski definition) is 0. The van der Waals surface area contributed by atoms with Crippen LogP contribution in [0, 0.1) is 0 Å². The lowest BCUT2D eigenvalue weighted by atomic mass is 10.1. The number of thioether (sulfide) groups is 1. The first kappa shape index (κ1) is 22.5. The maximum Gasteiger partial charge on any atom is 0.270 e. The molecular formula is C22H22ClNO4S2. The summed E-state index contributed by atoms with van der Waals surface area (Å²) in [6.45, 7) is 2.75. The molecule has 1 heterocycles. The van der Waals surface area contributed by atoms with E-state index in [2.05, 4.69) is 6.92 Å². The second kappa shape index (κ2) is 10.2. The summed E-state index contributed by atoms with van der Waals surface area (Å²) >= 11 is 12.9. The highest BCUT2D eigenvalue weighted by Crippen LogP contribution is 2.39. The van der Waals surface area contributed by atoms with E-state index >= 15 is 0 Å². The Morgan fingerprint density at radius 1 is 1.10 bits per heavy atom. The van der Waals surface area contributed by atoms with Crippen molar-refractivity contribution in [1.29, 1.82) is 0 Å². The summed E-state index contributed by atoms with van der Waals surface area (Å²) in [7, 11) is 3.14. The molecule has 2 aromatic carbocycles. The minimum atomic E-state index is -0.200. The Morgan fingerprint density at radius 3 is 2.50 bits per heavy atom. The smallest absolute Gasteiger partial charge is 0.270 e. The molecule has 1 fully saturated rings. The number of thiocarbonyl (C=S) groups is 1. The number of anilines is 1. The van der Waals surface area contributed by atoms with Crippen molar-refractivity contribution in [2.75, 3.05) is 25.7 Å². The lowest BCUT2D eigenvalue weighted by Crippen LogP contribution is -2.27. The third-order valence-corrected chi connectivity index (χ3v) is 6.03. The molecule has 1 amide bonds. The number of nitrogens with zero attached hydrogens (tertiary/aromatic N) is 1. The van der Waals surface area contributed by atoms with Crippen LogP contribution in [0.3, 0.4) is 0 Å². The zero-order chi connectivity index (χ0) is 21.7. The molecule has 0 aromatic heterocycles. The van der Waals surface area contributed by atoms with Crippen LogP contribution in [-0.2, 0) is 4.79 Å². The molecule has 0 N–H and O–H groups in total. The van der Waals surface area contributed by atoms with Gasteiger partial charge in [0.05, 0.1) is 36.4 Å². The number of ether oxygens (including phenoxy) is 3. The number of hydrogen-bond acceptors (Lipinski definition) is 6. The summed E-state index contributed by atoms with van der Waals surface area (Å²) in [5.41, 5.74) is 1.42. The van der Waals surface area contributed by atoms with E-state index in [1.165, 1.54) is 23.8 Å². The predicted octanol–water partition coefficient (Wildman–Crippen LogP) is 5.94. The lowest BCUT2D eigenvalue weighted by Gasteiger charge is -2.15. The van der Waals surface area contributed by atoms with Crippen LogP contribution >= 0.6 is 35.6 Å². The van der Waals surface area contributed by atoms with Gasteiger partial charge >= 0.3 is 0 Å². The Morgan fingerprint density at radius 2 is 1.83 bits per heavy atom. The van der Waals surface area contributed by atoms with E-state index in [1.807, 2.05) is 18.2 Å². The SMILES string of the molecule is CCCCOc1ccc(/C=C2\SC(=S)N(c3ccc(OC)c(Cl)c3)C2=O)cc1OC. The second-order valence-corrected chi connectivity index (χ2v) is 8.53. The van der Waals surface area contributed by atoms with Gasteiger partial charge in [0.15, 0.2) is 15.8 Å². The average Bonchev–Trinajstić information content (AvgIpc) is 3.01. The summed E-state index contributed by atoms with van der Waals surface area (Å²) in [6.07, 6.45) is 3.83. The van der Waals surface area contributed by atoms with E-state index in [9.17, 15) is 4.79 Å². The van der Waals surface area contributed by atoms with Crippen LogP contribution in [0.5, 0.6) is 17.2 Å². The first-order chi connectivity index (χ1) is 14.5. The third-order valence-electron chi connectivity index (χ3n) is 4.43. The summed E-state index contributed by atoms with van der Waals surface area (Å²) in [6, 6.07) is 10.7. The highest BCUT2D eigenvalue weighted by molar-refractivity contribution is 8.27. The van der Waals surface area contributed by atoms with E-state index < -0.39 is 0 Å². The van der Waals surface area contributed by atoms with Gasteiger partial charge in [-0.25, -0.2) is 0 Å². The first-order valence-electron chi connectivity index (χ1n) is 9.40. The van der Waals surface area contributed by atoms with Gasteiger partial charge in [-0.2, -0.15) is 0 Å². The van der Waals surface area contributed by atoms with Crippen molar-refractivity contribution in [1.82, 2.24) is 0 Å². The van der Waals surface area contributed by atoms with Gasteiger partial charge in [-0.3, -0.25) is 9.69 Å². The normalized spacial score (nSPS) is 15.1.